The van der Waals surface area contributed by atoms with Crippen LogP contribution in [0, 0.1) is 10.1 Å². The number of rotatable bonds is 0. The minimum absolute atomic E-state index is 0.0845. The lowest BCUT2D eigenvalue weighted by molar-refractivity contribution is -0.398. The maximum atomic E-state index is 9.54. The lowest BCUT2D eigenvalue weighted by Crippen LogP contribution is -2.59. The van der Waals surface area contributed by atoms with E-state index in [0.717, 1.165) is 12.8 Å². The van der Waals surface area contributed by atoms with E-state index < -0.39 is 0 Å². The summed E-state index contributed by atoms with van der Waals surface area (Å²) >= 11 is 0. The van der Waals surface area contributed by atoms with Crippen LogP contribution >= 0.6 is 0 Å². The molecule has 1 aliphatic heterocycles. The molecule has 0 radical (unpaired) electrons. The monoisotopic (exact) mass is 204 g/mol. The molecular weight excluding hydrogens is 184 g/mol. The van der Waals surface area contributed by atoms with Crippen LogP contribution in [0.25, 0.3) is 0 Å². The predicted octanol–water partition coefficient (Wildman–Crippen LogP) is -0.381. The minimum atomic E-state index is -0.138. The minimum Gasteiger partial charge on any atom is -0.393 e. The van der Waals surface area contributed by atoms with Crippen molar-refractivity contribution in [1.29, 1.82) is 0 Å². The second kappa shape index (κ2) is 4.70. The maximum absolute atomic E-state index is 9.54. The summed E-state index contributed by atoms with van der Waals surface area (Å²) in [6.07, 6.45) is 1.58. The van der Waals surface area contributed by atoms with Crippen LogP contribution in [-0.2, 0) is 0 Å². The topological polar surface area (TPSA) is 86.4 Å². The van der Waals surface area contributed by atoms with Crippen LogP contribution in [0.1, 0.15) is 40.5 Å². The Kier molecular flexibility index (Phi) is 4.48. The van der Waals surface area contributed by atoms with Gasteiger partial charge in [0.15, 0.2) is 0 Å². The highest BCUT2D eigenvalue weighted by Crippen LogP contribution is 2.27. The van der Waals surface area contributed by atoms with Crippen molar-refractivity contribution in [2.45, 2.75) is 57.7 Å². The molecule has 14 heavy (non-hydrogen) atoms. The summed E-state index contributed by atoms with van der Waals surface area (Å²) in [7, 11) is 0. The molecule has 1 fully saturated rings. The number of aliphatic hydroxyl groups is 1. The molecule has 0 aromatic rings. The zero-order chi connectivity index (χ0) is 11.4. The summed E-state index contributed by atoms with van der Waals surface area (Å²) in [5, 5.41) is 21.4. The number of hydrogen-bond acceptors (Lipinski definition) is 4. The van der Waals surface area contributed by atoms with E-state index in [-0.39, 0.29) is 22.5 Å². The molecule has 1 rings (SSSR count). The molecule has 0 amide bonds. The maximum Gasteiger partial charge on any atom is 0.0575 e. The van der Waals surface area contributed by atoms with Gasteiger partial charge in [-0.15, -0.1) is 0 Å². The molecule has 0 saturated carbocycles. The van der Waals surface area contributed by atoms with Crippen LogP contribution in [0.15, 0.2) is 0 Å². The quantitative estimate of drug-likeness (QED) is 0.371. The Morgan fingerprint density at radius 3 is 1.79 bits per heavy atom. The van der Waals surface area contributed by atoms with Gasteiger partial charge in [0.1, 0.15) is 0 Å². The highest BCUT2D eigenvalue weighted by molar-refractivity contribution is 4.96. The van der Waals surface area contributed by atoms with Crippen molar-refractivity contribution in [3.8, 4) is 0 Å². The third-order valence-corrected chi connectivity index (χ3v) is 2.17. The first-order valence-electron chi connectivity index (χ1n) is 4.69. The van der Waals surface area contributed by atoms with Crippen molar-refractivity contribution < 1.29 is 10.4 Å². The van der Waals surface area contributed by atoms with Crippen molar-refractivity contribution in [2.24, 2.45) is 0 Å². The summed E-state index contributed by atoms with van der Waals surface area (Å²) < 4.78 is 0. The standard InChI is InChI=1S/C9H19NO.HNO2/c1-8(2)5-7(11)6-9(3,4)10-8;2-1-3/h7,10-11H,5-6H2,1-4H3;1H. The Hall–Kier alpha value is -0.680. The van der Waals surface area contributed by atoms with Gasteiger partial charge in [-0.2, -0.15) is 0 Å². The number of nitrogens with one attached hydrogen (secondary N) is 2. The van der Waals surface area contributed by atoms with Crippen LogP contribution in [0.5, 0.6) is 0 Å². The molecular formula is C9H20N2O3. The van der Waals surface area contributed by atoms with Gasteiger partial charge in [0.05, 0.1) is 6.10 Å². The SMILES string of the molecule is CC1(C)CC(O)CC(C)(C)N1.O=[NH+][O-]. The fourth-order valence-corrected chi connectivity index (χ4v) is 2.27. The van der Waals surface area contributed by atoms with Crippen molar-refractivity contribution >= 4 is 0 Å². The summed E-state index contributed by atoms with van der Waals surface area (Å²) in [6.45, 7) is 8.54. The third kappa shape index (κ3) is 5.14. The molecule has 0 bridgehead atoms. The van der Waals surface area contributed by atoms with Gasteiger partial charge in [-0.25, -0.2) is 0 Å². The van der Waals surface area contributed by atoms with E-state index in [0.29, 0.717) is 0 Å². The lowest BCUT2D eigenvalue weighted by Gasteiger charge is -2.44. The van der Waals surface area contributed by atoms with Crippen LogP contribution in [0.3, 0.4) is 0 Å². The van der Waals surface area contributed by atoms with Gasteiger partial charge in [0.25, 0.3) is 0 Å². The fraction of sp³-hybridized carbons (Fsp3) is 1.00. The second-order valence-electron chi connectivity index (χ2n) is 5.04. The summed E-state index contributed by atoms with van der Waals surface area (Å²) in [5.74, 6) is 0. The second-order valence-corrected chi connectivity index (χ2v) is 5.04. The molecule has 0 aliphatic carbocycles. The van der Waals surface area contributed by atoms with E-state index in [1.807, 2.05) is 0 Å². The van der Waals surface area contributed by atoms with E-state index in [1.165, 1.54) is 0 Å². The Morgan fingerprint density at radius 1 is 1.29 bits per heavy atom. The smallest absolute Gasteiger partial charge is 0.0575 e. The van der Waals surface area contributed by atoms with Gasteiger partial charge < -0.3 is 10.4 Å². The van der Waals surface area contributed by atoms with Crippen molar-refractivity contribution in [3.05, 3.63) is 10.1 Å². The van der Waals surface area contributed by atoms with E-state index in [4.69, 9.17) is 10.1 Å². The number of hydrogen-bond donors (Lipinski definition) is 3. The molecule has 0 spiro atoms. The molecule has 5 nitrogen and oxygen atoms in total. The first-order valence-corrected chi connectivity index (χ1v) is 4.69. The largest absolute Gasteiger partial charge is 0.393 e. The van der Waals surface area contributed by atoms with Crippen LogP contribution in [-0.4, -0.2) is 22.3 Å². The molecule has 3 N–H and O–H groups in total. The predicted molar refractivity (Wildman–Crippen MR) is 54.2 cm³/mol. The molecule has 5 heteroatoms. The number of aliphatic hydroxyl groups excluding tert-OH is 1. The highest BCUT2D eigenvalue weighted by atomic mass is 16.6. The summed E-state index contributed by atoms with van der Waals surface area (Å²) in [5.41, 5.74) is 0.169. The van der Waals surface area contributed by atoms with Crippen LogP contribution in [0.4, 0.5) is 0 Å². The van der Waals surface area contributed by atoms with E-state index >= 15 is 0 Å². The summed E-state index contributed by atoms with van der Waals surface area (Å²) in [4.78, 5) is 8.12. The molecule has 0 unspecified atom stereocenters. The Labute approximate surface area is 84.4 Å². The van der Waals surface area contributed by atoms with Gasteiger partial charge in [-0.05, 0) is 40.5 Å². The molecule has 0 atom stereocenters. The van der Waals surface area contributed by atoms with Gasteiger partial charge in [-0.3, -0.25) is 10.1 Å². The lowest BCUT2D eigenvalue weighted by atomic mass is 9.81. The molecule has 84 valence electrons. The Morgan fingerprint density at radius 2 is 1.57 bits per heavy atom. The van der Waals surface area contributed by atoms with E-state index in [1.54, 1.807) is 0 Å². The molecule has 1 saturated heterocycles. The average molecular weight is 204 g/mol. The zero-order valence-corrected chi connectivity index (χ0v) is 9.26. The normalized spacial score (nSPS) is 24.6. The van der Waals surface area contributed by atoms with Crippen LogP contribution in [0.2, 0.25) is 0 Å². The van der Waals surface area contributed by atoms with Crippen molar-refractivity contribution in [2.75, 3.05) is 0 Å². The first kappa shape index (κ1) is 13.3. The van der Waals surface area contributed by atoms with Gasteiger partial charge in [0, 0.05) is 16.4 Å². The zero-order valence-electron chi connectivity index (χ0n) is 9.26. The summed E-state index contributed by atoms with van der Waals surface area (Å²) in [6, 6.07) is 0. The van der Waals surface area contributed by atoms with Gasteiger partial charge in [0.2, 0.25) is 0 Å². The average Bonchev–Trinajstić information content (AvgIpc) is 1.77. The van der Waals surface area contributed by atoms with Gasteiger partial charge >= 0.3 is 0 Å². The number of piperidine rings is 1. The first-order chi connectivity index (χ1) is 6.22. The molecule has 1 heterocycles. The molecule has 1 aliphatic rings. The Bertz CT molecular complexity index is 176. The molecule has 0 aromatic carbocycles. The van der Waals surface area contributed by atoms with Crippen molar-refractivity contribution in [1.82, 2.24) is 5.32 Å². The van der Waals surface area contributed by atoms with Crippen LogP contribution < -0.4 is 10.7 Å². The Balaban J connectivity index is 0.000000500. The fourth-order valence-electron chi connectivity index (χ4n) is 2.27. The van der Waals surface area contributed by atoms with Gasteiger partial charge in [-0.1, -0.05) is 0 Å². The van der Waals surface area contributed by atoms with E-state index in [2.05, 4.69) is 33.0 Å². The third-order valence-electron chi connectivity index (χ3n) is 2.17. The molecule has 0 aromatic heterocycles. The van der Waals surface area contributed by atoms with E-state index in [9.17, 15) is 5.11 Å². The van der Waals surface area contributed by atoms with Crippen molar-refractivity contribution in [3.63, 3.8) is 0 Å². The highest BCUT2D eigenvalue weighted by Gasteiger charge is 2.36.